The van der Waals surface area contributed by atoms with E-state index in [1.54, 1.807) is 0 Å². The van der Waals surface area contributed by atoms with Crippen molar-refractivity contribution >= 4 is 12.0 Å². The van der Waals surface area contributed by atoms with E-state index in [0.29, 0.717) is 5.56 Å². The zero-order valence-electron chi connectivity index (χ0n) is 6.25. The highest BCUT2D eigenvalue weighted by Crippen LogP contribution is 2.06. The van der Waals surface area contributed by atoms with Crippen molar-refractivity contribution in [2.24, 2.45) is 5.73 Å². The van der Waals surface area contributed by atoms with E-state index in [-0.39, 0.29) is 5.69 Å². The molecule has 0 aliphatic rings. The summed E-state index contributed by atoms with van der Waals surface area (Å²) < 4.78 is 12.9. The van der Waals surface area contributed by atoms with Crippen LogP contribution >= 0.6 is 0 Å². The molecule has 1 aromatic rings. The minimum Gasteiger partial charge on any atom is -0.364 e. The average molecular weight is 166 g/mol. The first-order valence-electron chi connectivity index (χ1n) is 3.23. The monoisotopic (exact) mass is 166 g/mol. The Morgan fingerprint density at radius 3 is 2.83 bits per heavy atom. The number of aromatic nitrogens is 1. The number of halogens is 1. The van der Waals surface area contributed by atoms with Gasteiger partial charge >= 0.3 is 0 Å². The van der Waals surface area contributed by atoms with E-state index in [4.69, 9.17) is 5.73 Å². The molecule has 62 valence electrons. The molecule has 12 heavy (non-hydrogen) atoms. The Labute approximate surface area is 68.7 Å². The zero-order chi connectivity index (χ0) is 9.14. The van der Waals surface area contributed by atoms with Crippen molar-refractivity contribution in [1.29, 1.82) is 0 Å². The summed E-state index contributed by atoms with van der Waals surface area (Å²) in [5.74, 6) is -1.59. The fourth-order valence-corrected chi connectivity index (χ4v) is 0.746. The Morgan fingerprint density at radius 2 is 2.42 bits per heavy atom. The second-order valence-electron chi connectivity index (χ2n) is 2.17. The van der Waals surface area contributed by atoms with Gasteiger partial charge in [-0.15, -0.1) is 0 Å². The molecule has 3 nitrogen and oxygen atoms in total. The molecule has 0 bridgehead atoms. The Hall–Kier alpha value is -1.71. The molecular weight excluding hydrogens is 159 g/mol. The number of pyridine rings is 1. The van der Waals surface area contributed by atoms with Crippen LogP contribution in [0, 0.1) is 5.82 Å². The first kappa shape index (κ1) is 8.39. The van der Waals surface area contributed by atoms with Crippen molar-refractivity contribution in [3.63, 3.8) is 0 Å². The van der Waals surface area contributed by atoms with Crippen LogP contribution in [0.4, 0.5) is 4.39 Å². The normalized spacial score (nSPS) is 9.42. The number of carbonyl (C=O) groups excluding carboxylic acids is 1. The number of nitrogens with zero attached hydrogens (tertiary/aromatic N) is 1. The lowest BCUT2D eigenvalue weighted by Crippen LogP contribution is -2.15. The van der Waals surface area contributed by atoms with Gasteiger partial charge in [0.2, 0.25) is 0 Å². The van der Waals surface area contributed by atoms with Gasteiger partial charge in [-0.25, -0.2) is 9.37 Å². The van der Waals surface area contributed by atoms with E-state index in [9.17, 15) is 9.18 Å². The van der Waals surface area contributed by atoms with Crippen molar-refractivity contribution in [1.82, 2.24) is 4.98 Å². The van der Waals surface area contributed by atoms with E-state index < -0.39 is 11.7 Å². The second-order valence-corrected chi connectivity index (χ2v) is 2.17. The Bertz CT molecular complexity index is 336. The van der Waals surface area contributed by atoms with Gasteiger partial charge in [0.25, 0.3) is 5.91 Å². The molecule has 0 unspecified atom stereocenters. The summed E-state index contributed by atoms with van der Waals surface area (Å²) in [6.45, 7) is 3.42. The second kappa shape index (κ2) is 3.13. The number of rotatable bonds is 2. The molecule has 1 heterocycles. The van der Waals surface area contributed by atoms with Crippen molar-refractivity contribution < 1.29 is 9.18 Å². The number of hydrogen-bond acceptors (Lipinski definition) is 2. The molecule has 0 saturated heterocycles. The zero-order valence-corrected chi connectivity index (χ0v) is 6.25. The van der Waals surface area contributed by atoms with Crippen LogP contribution in [0.15, 0.2) is 18.8 Å². The van der Waals surface area contributed by atoms with E-state index in [2.05, 4.69) is 11.6 Å². The van der Waals surface area contributed by atoms with Crippen LogP contribution in [-0.4, -0.2) is 10.9 Å². The molecule has 0 fully saturated rings. The van der Waals surface area contributed by atoms with Gasteiger partial charge in [-0.1, -0.05) is 12.7 Å². The summed E-state index contributed by atoms with van der Waals surface area (Å²) in [7, 11) is 0. The summed E-state index contributed by atoms with van der Waals surface area (Å²) in [6, 6.07) is 1.15. The predicted octanol–water partition coefficient (Wildman–Crippen LogP) is 0.963. The summed E-state index contributed by atoms with van der Waals surface area (Å²) >= 11 is 0. The number of carbonyl (C=O) groups is 1. The van der Waals surface area contributed by atoms with Crippen molar-refractivity contribution in [3.8, 4) is 0 Å². The predicted molar refractivity (Wildman–Crippen MR) is 42.8 cm³/mol. The molecule has 2 N–H and O–H groups in total. The number of amides is 1. The molecule has 0 aromatic carbocycles. The maximum absolute atomic E-state index is 12.9. The van der Waals surface area contributed by atoms with E-state index in [0.717, 1.165) is 6.07 Å². The van der Waals surface area contributed by atoms with Gasteiger partial charge < -0.3 is 5.73 Å². The topological polar surface area (TPSA) is 56.0 Å². The lowest BCUT2D eigenvalue weighted by Gasteiger charge is -1.97. The van der Waals surface area contributed by atoms with E-state index in [1.165, 1.54) is 12.3 Å². The van der Waals surface area contributed by atoms with Crippen LogP contribution in [0.3, 0.4) is 0 Å². The molecule has 1 rings (SSSR count). The third-order valence-electron chi connectivity index (χ3n) is 1.33. The fraction of sp³-hybridized carbons (Fsp3) is 0. The molecule has 0 atom stereocenters. The molecule has 0 spiro atoms. The minimum absolute atomic E-state index is 0.347. The maximum atomic E-state index is 12.9. The Morgan fingerprint density at radius 1 is 1.75 bits per heavy atom. The number of primary amides is 1. The van der Waals surface area contributed by atoms with Gasteiger partial charge in [-0.3, -0.25) is 4.79 Å². The average Bonchev–Trinajstić information content (AvgIpc) is 2.03. The van der Waals surface area contributed by atoms with Crippen LogP contribution in [0.2, 0.25) is 0 Å². The summed E-state index contributed by atoms with van der Waals surface area (Å²) in [5.41, 5.74) is 5.00. The molecule has 1 amide bonds. The van der Waals surface area contributed by atoms with Crippen molar-refractivity contribution in [2.45, 2.75) is 0 Å². The van der Waals surface area contributed by atoms with Gasteiger partial charge in [-0.2, -0.15) is 0 Å². The van der Waals surface area contributed by atoms with Gasteiger partial charge in [0.05, 0.1) is 0 Å². The SMILES string of the molecule is C=Cc1cnc(C(N)=O)c(F)c1. The molecule has 0 saturated carbocycles. The fourth-order valence-electron chi connectivity index (χ4n) is 0.746. The van der Waals surface area contributed by atoms with Gasteiger partial charge in [-0.05, 0) is 11.6 Å². The first-order chi connectivity index (χ1) is 5.65. The first-order valence-corrected chi connectivity index (χ1v) is 3.23. The summed E-state index contributed by atoms with van der Waals surface area (Å²) in [6.07, 6.45) is 2.76. The quantitative estimate of drug-likeness (QED) is 0.711. The van der Waals surface area contributed by atoms with E-state index in [1.807, 2.05) is 0 Å². The lowest BCUT2D eigenvalue weighted by molar-refractivity contribution is 0.0991. The summed E-state index contributed by atoms with van der Waals surface area (Å²) in [4.78, 5) is 14.0. The highest BCUT2D eigenvalue weighted by molar-refractivity contribution is 5.91. The van der Waals surface area contributed by atoms with Crippen molar-refractivity contribution in [3.05, 3.63) is 35.9 Å². The molecular formula is C8H7FN2O. The molecule has 4 heteroatoms. The summed E-state index contributed by atoms with van der Waals surface area (Å²) in [5, 5.41) is 0. The van der Waals surface area contributed by atoms with Gasteiger partial charge in [0, 0.05) is 6.20 Å². The molecule has 1 aromatic heterocycles. The van der Waals surface area contributed by atoms with Crippen LogP contribution < -0.4 is 5.73 Å². The number of hydrogen-bond donors (Lipinski definition) is 1. The molecule has 0 aliphatic heterocycles. The van der Waals surface area contributed by atoms with Crippen LogP contribution in [-0.2, 0) is 0 Å². The smallest absolute Gasteiger partial charge is 0.270 e. The highest BCUT2D eigenvalue weighted by atomic mass is 19.1. The Balaban J connectivity index is 3.20. The third-order valence-corrected chi connectivity index (χ3v) is 1.33. The van der Waals surface area contributed by atoms with Crippen LogP contribution in [0.5, 0.6) is 0 Å². The highest BCUT2D eigenvalue weighted by Gasteiger charge is 2.08. The van der Waals surface area contributed by atoms with Crippen LogP contribution in [0.1, 0.15) is 16.1 Å². The van der Waals surface area contributed by atoms with Gasteiger partial charge in [0.15, 0.2) is 11.5 Å². The maximum Gasteiger partial charge on any atom is 0.270 e. The molecule has 0 aliphatic carbocycles. The lowest BCUT2D eigenvalue weighted by atomic mass is 10.2. The standard InChI is InChI=1S/C8H7FN2O/c1-2-5-3-6(9)7(8(10)12)11-4-5/h2-4H,1H2,(H2,10,12). The van der Waals surface area contributed by atoms with Gasteiger partial charge in [0.1, 0.15) is 0 Å². The van der Waals surface area contributed by atoms with Crippen molar-refractivity contribution in [2.75, 3.05) is 0 Å². The minimum atomic E-state index is -0.872. The largest absolute Gasteiger partial charge is 0.364 e. The van der Waals surface area contributed by atoms with Crippen LogP contribution in [0.25, 0.3) is 6.08 Å². The Kier molecular flexibility index (Phi) is 2.19. The number of nitrogens with two attached hydrogens (primary N) is 1. The molecule has 0 radical (unpaired) electrons. The third kappa shape index (κ3) is 1.47. The van der Waals surface area contributed by atoms with E-state index >= 15 is 0 Å².